The highest BCUT2D eigenvalue weighted by atomic mass is 15.2. The molecule has 0 saturated heterocycles. The quantitative estimate of drug-likeness (QED) is 0.518. The van der Waals surface area contributed by atoms with Crippen molar-refractivity contribution in [3.63, 3.8) is 0 Å². The van der Waals surface area contributed by atoms with Crippen LogP contribution in [0, 0.1) is 17.3 Å². The molecule has 0 aromatic heterocycles. The first-order valence-corrected chi connectivity index (χ1v) is 5.61. The highest BCUT2D eigenvalue weighted by molar-refractivity contribution is 4.97. The van der Waals surface area contributed by atoms with Crippen molar-refractivity contribution in [3.05, 3.63) is 0 Å². The van der Waals surface area contributed by atoms with Crippen LogP contribution in [0.3, 0.4) is 0 Å². The fourth-order valence-corrected chi connectivity index (χ4v) is 3.06. The van der Waals surface area contributed by atoms with E-state index in [1.807, 2.05) is 0 Å². The molecule has 2 nitrogen and oxygen atoms in total. The molecule has 2 unspecified atom stereocenters. The summed E-state index contributed by atoms with van der Waals surface area (Å²) in [5.41, 5.74) is 3.58. The predicted molar refractivity (Wildman–Crippen MR) is 55.0 cm³/mol. The van der Waals surface area contributed by atoms with Gasteiger partial charge in [-0.2, -0.15) is 0 Å². The summed E-state index contributed by atoms with van der Waals surface area (Å²) in [4.78, 5) is 0. The van der Waals surface area contributed by atoms with Crippen molar-refractivity contribution >= 4 is 0 Å². The summed E-state index contributed by atoms with van der Waals surface area (Å²) in [5, 5.41) is 0. The highest BCUT2D eigenvalue weighted by Gasteiger charge is 2.44. The molecule has 0 bridgehead atoms. The Kier molecular flexibility index (Phi) is 2.37. The van der Waals surface area contributed by atoms with Crippen molar-refractivity contribution in [2.24, 2.45) is 23.1 Å². The lowest BCUT2D eigenvalue weighted by atomic mass is 9.76. The van der Waals surface area contributed by atoms with Crippen LogP contribution >= 0.6 is 0 Å². The van der Waals surface area contributed by atoms with E-state index in [0.717, 1.165) is 11.8 Å². The summed E-state index contributed by atoms with van der Waals surface area (Å²) in [6.45, 7) is 4.80. The van der Waals surface area contributed by atoms with Gasteiger partial charge in [0.1, 0.15) is 0 Å². The molecule has 13 heavy (non-hydrogen) atoms. The van der Waals surface area contributed by atoms with Crippen molar-refractivity contribution in [2.45, 2.75) is 52.0 Å². The molecule has 76 valence electrons. The van der Waals surface area contributed by atoms with Crippen LogP contribution in [0.1, 0.15) is 46.0 Å². The largest absolute Gasteiger partial charge is 0.271 e. The summed E-state index contributed by atoms with van der Waals surface area (Å²) in [6.07, 6.45) is 6.92. The van der Waals surface area contributed by atoms with Crippen LogP contribution in [0.5, 0.6) is 0 Å². The second kappa shape index (κ2) is 3.25. The maximum atomic E-state index is 5.66. The molecule has 2 aliphatic rings. The van der Waals surface area contributed by atoms with Crippen LogP contribution in [0.25, 0.3) is 0 Å². The second-order valence-corrected chi connectivity index (χ2v) is 5.52. The standard InChI is InChI=1S/C11H22N2/c1-11(2)7-3-4-9(11)10(13-12)8-5-6-8/h8-10,13H,3-7,12H2,1-2H3. The van der Waals surface area contributed by atoms with Gasteiger partial charge in [0.25, 0.3) is 0 Å². The number of nitrogens with two attached hydrogens (primary N) is 1. The molecule has 0 aromatic rings. The monoisotopic (exact) mass is 182 g/mol. The second-order valence-electron chi connectivity index (χ2n) is 5.52. The Morgan fingerprint density at radius 2 is 2.00 bits per heavy atom. The molecular formula is C11H22N2. The van der Waals surface area contributed by atoms with E-state index in [1.54, 1.807) is 0 Å². The third kappa shape index (κ3) is 1.75. The third-order valence-corrected chi connectivity index (χ3v) is 4.10. The molecule has 0 radical (unpaired) electrons. The number of hydrogen-bond donors (Lipinski definition) is 2. The van der Waals surface area contributed by atoms with Gasteiger partial charge in [-0.1, -0.05) is 20.3 Å². The molecule has 2 rings (SSSR count). The zero-order valence-electron chi connectivity index (χ0n) is 8.84. The van der Waals surface area contributed by atoms with Crippen LogP contribution in [0.2, 0.25) is 0 Å². The average Bonchev–Trinajstić information content (AvgIpc) is 2.81. The molecule has 2 aliphatic carbocycles. The van der Waals surface area contributed by atoms with E-state index in [1.165, 1.54) is 32.1 Å². The first-order chi connectivity index (χ1) is 6.15. The van der Waals surface area contributed by atoms with E-state index in [2.05, 4.69) is 19.3 Å². The van der Waals surface area contributed by atoms with E-state index in [-0.39, 0.29) is 0 Å². The van der Waals surface area contributed by atoms with Crippen molar-refractivity contribution in [1.82, 2.24) is 5.43 Å². The SMILES string of the molecule is CC1(C)CCCC1C(NN)C1CC1. The summed E-state index contributed by atoms with van der Waals surface area (Å²) in [7, 11) is 0. The lowest BCUT2D eigenvalue weighted by Gasteiger charge is -2.33. The zero-order chi connectivity index (χ0) is 9.47. The van der Waals surface area contributed by atoms with Gasteiger partial charge in [-0.15, -0.1) is 0 Å². The van der Waals surface area contributed by atoms with Gasteiger partial charge in [-0.25, -0.2) is 0 Å². The number of hydrazine groups is 1. The minimum atomic E-state index is 0.514. The maximum absolute atomic E-state index is 5.66. The summed E-state index contributed by atoms with van der Waals surface area (Å²) in [6, 6.07) is 0.595. The van der Waals surface area contributed by atoms with Crippen LogP contribution in [0.4, 0.5) is 0 Å². The van der Waals surface area contributed by atoms with Crippen LogP contribution in [-0.4, -0.2) is 6.04 Å². The van der Waals surface area contributed by atoms with Crippen LogP contribution in [0.15, 0.2) is 0 Å². The Labute approximate surface area is 81.2 Å². The van der Waals surface area contributed by atoms with Crippen molar-refractivity contribution in [2.75, 3.05) is 0 Å². The topological polar surface area (TPSA) is 38.0 Å². The van der Waals surface area contributed by atoms with Gasteiger partial charge in [0.05, 0.1) is 0 Å². The summed E-state index contributed by atoms with van der Waals surface area (Å²) < 4.78 is 0. The molecule has 0 aliphatic heterocycles. The fraction of sp³-hybridized carbons (Fsp3) is 1.00. The Bertz CT molecular complexity index is 185. The Morgan fingerprint density at radius 1 is 1.31 bits per heavy atom. The molecule has 0 heterocycles. The Balaban J connectivity index is 2.04. The number of nitrogens with one attached hydrogen (secondary N) is 1. The van der Waals surface area contributed by atoms with Gasteiger partial charge in [0.15, 0.2) is 0 Å². The lowest BCUT2D eigenvalue weighted by Crippen LogP contribution is -2.45. The van der Waals surface area contributed by atoms with Crippen molar-refractivity contribution in [1.29, 1.82) is 0 Å². The minimum Gasteiger partial charge on any atom is -0.271 e. The van der Waals surface area contributed by atoms with E-state index in [0.29, 0.717) is 11.5 Å². The number of rotatable bonds is 3. The third-order valence-electron chi connectivity index (χ3n) is 4.10. The van der Waals surface area contributed by atoms with Gasteiger partial charge in [-0.05, 0) is 42.9 Å². The maximum Gasteiger partial charge on any atom is 0.0272 e. The van der Waals surface area contributed by atoms with Gasteiger partial charge >= 0.3 is 0 Å². The van der Waals surface area contributed by atoms with Crippen molar-refractivity contribution < 1.29 is 0 Å². The van der Waals surface area contributed by atoms with Gasteiger partial charge in [0.2, 0.25) is 0 Å². The molecule has 2 saturated carbocycles. The predicted octanol–water partition coefficient (Wildman–Crippen LogP) is 2.05. The van der Waals surface area contributed by atoms with Gasteiger partial charge in [-0.3, -0.25) is 11.3 Å². The molecule has 0 amide bonds. The molecule has 0 aromatic carbocycles. The Morgan fingerprint density at radius 3 is 2.38 bits per heavy atom. The van der Waals surface area contributed by atoms with E-state index < -0.39 is 0 Å². The summed E-state index contributed by atoms with van der Waals surface area (Å²) in [5.74, 6) is 7.36. The Hall–Kier alpha value is -0.0800. The van der Waals surface area contributed by atoms with E-state index in [9.17, 15) is 0 Å². The zero-order valence-corrected chi connectivity index (χ0v) is 8.84. The van der Waals surface area contributed by atoms with Gasteiger partial charge in [0, 0.05) is 6.04 Å². The molecule has 3 N–H and O–H groups in total. The first-order valence-electron chi connectivity index (χ1n) is 5.61. The molecule has 2 fully saturated rings. The number of hydrogen-bond acceptors (Lipinski definition) is 2. The lowest BCUT2D eigenvalue weighted by molar-refractivity contribution is 0.182. The molecular weight excluding hydrogens is 160 g/mol. The normalized spacial score (nSPS) is 34.8. The smallest absolute Gasteiger partial charge is 0.0272 e. The van der Waals surface area contributed by atoms with Gasteiger partial charge < -0.3 is 0 Å². The average molecular weight is 182 g/mol. The highest BCUT2D eigenvalue weighted by Crippen LogP contribution is 2.49. The molecule has 2 heteroatoms. The minimum absolute atomic E-state index is 0.514. The first kappa shape index (κ1) is 9.47. The fourth-order valence-electron chi connectivity index (χ4n) is 3.06. The van der Waals surface area contributed by atoms with Crippen LogP contribution in [-0.2, 0) is 0 Å². The van der Waals surface area contributed by atoms with Crippen LogP contribution < -0.4 is 11.3 Å². The van der Waals surface area contributed by atoms with E-state index >= 15 is 0 Å². The van der Waals surface area contributed by atoms with E-state index in [4.69, 9.17) is 5.84 Å². The molecule has 2 atom stereocenters. The van der Waals surface area contributed by atoms with Crippen molar-refractivity contribution in [3.8, 4) is 0 Å². The summed E-state index contributed by atoms with van der Waals surface area (Å²) >= 11 is 0. The molecule has 0 spiro atoms.